The number of hydrogen-bond acceptors (Lipinski definition) is 9. The number of carbonyl (C=O) groups is 6. The number of esters is 1. The predicted octanol–water partition coefficient (Wildman–Crippen LogP) is 3.91. The van der Waals surface area contributed by atoms with Gasteiger partial charge in [-0.25, -0.2) is 4.79 Å². The molecule has 4 aromatic rings. The van der Waals surface area contributed by atoms with Crippen LogP contribution in [0.5, 0.6) is 0 Å². The maximum Gasteiger partial charge on any atom is 0.328 e. The van der Waals surface area contributed by atoms with Crippen LogP contribution in [0.15, 0.2) is 121 Å². The molecule has 0 heterocycles. The maximum atomic E-state index is 14.5. The molecule has 0 aliphatic carbocycles. The number of hydrogen-bond donors (Lipinski definition) is 6. The fraction of sp³-hybridized carbons (Fsp3) is 0.388. The molecule has 0 radical (unpaired) electrons. The number of carbonyl (C=O) groups excluding carboxylic acids is 6. The third kappa shape index (κ3) is 16.8. The van der Waals surface area contributed by atoms with Gasteiger partial charge in [-0.1, -0.05) is 149 Å². The summed E-state index contributed by atoms with van der Waals surface area (Å²) in [4.78, 5) is 82.7. The van der Waals surface area contributed by atoms with E-state index in [1.807, 2.05) is 111 Å². The second kappa shape index (κ2) is 25.5. The Morgan fingerprint density at radius 3 is 1.37 bits per heavy atom. The Labute approximate surface area is 370 Å². The largest absolute Gasteiger partial charge is 0.459 e. The molecule has 0 bridgehead atoms. The zero-order valence-electron chi connectivity index (χ0n) is 36.8. The van der Waals surface area contributed by atoms with Crippen molar-refractivity contribution in [3.63, 3.8) is 0 Å². The maximum absolute atomic E-state index is 14.5. The molecular formula is C49H62N6O8. The third-order valence-corrected chi connectivity index (χ3v) is 10.2. The first-order valence-electron chi connectivity index (χ1n) is 21.4. The van der Waals surface area contributed by atoms with E-state index in [-0.39, 0.29) is 44.9 Å². The first-order chi connectivity index (χ1) is 30.2. The molecule has 14 heteroatoms. The second-order valence-electron chi connectivity index (χ2n) is 16.3. The van der Waals surface area contributed by atoms with Crippen molar-refractivity contribution in [1.29, 1.82) is 0 Å². The highest BCUT2D eigenvalue weighted by atomic mass is 16.5. The highest BCUT2D eigenvalue weighted by Gasteiger charge is 2.36. The van der Waals surface area contributed by atoms with Crippen molar-refractivity contribution in [2.75, 3.05) is 6.54 Å². The monoisotopic (exact) mass is 862 g/mol. The Morgan fingerprint density at radius 1 is 0.492 bits per heavy atom. The van der Waals surface area contributed by atoms with Crippen molar-refractivity contribution in [3.8, 4) is 0 Å². The lowest BCUT2D eigenvalue weighted by Gasteiger charge is -2.30. The minimum absolute atomic E-state index is 0.00946. The zero-order chi connectivity index (χ0) is 45.7. The molecule has 14 nitrogen and oxygen atoms in total. The normalized spacial score (nSPS) is 14.0. The van der Waals surface area contributed by atoms with Gasteiger partial charge in [0.15, 0.2) is 0 Å². The highest BCUT2D eigenvalue weighted by Crippen LogP contribution is 2.14. The van der Waals surface area contributed by atoms with E-state index >= 15 is 0 Å². The second-order valence-corrected chi connectivity index (χ2v) is 16.3. The lowest BCUT2D eigenvalue weighted by atomic mass is 9.99. The third-order valence-electron chi connectivity index (χ3n) is 10.2. The smallest absolute Gasteiger partial charge is 0.328 e. The summed E-state index contributed by atoms with van der Waals surface area (Å²) in [6.45, 7) is 8.74. The fourth-order valence-corrected chi connectivity index (χ4v) is 6.75. The molecule has 0 aliphatic heterocycles. The molecule has 0 saturated carbocycles. The summed E-state index contributed by atoms with van der Waals surface area (Å²) in [5, 5.41) is 13.9. The van der Waals surface area contributed by atoms with Gasteiger partial charge in [0, 0.05) is 12.8 Å². The van der Waals surface area contributed by atoms with Gasteiger partial charge in [0.1, 0.15) is 36.8 Å². The van der Waals surface area contributed by atoms with Crippen LogP contribution >= 0.6 is 0 Å². The van der Waals surface area contributed by atoms with Gasteiger partial charge < -0.3 is 41.8 Å². The van der Waals surface area contributed by atoms with Crippen molar-refractivity contribution < 1.29 is 38.2 Å². The summed E-state index contributed by atoms with van der Waals surface area (Å²) in [6, 6.07) is 30.8. The average Bonchev–Trinajstić information content (AvgIpc) is 3.28. The molecule has 63 heavy (non-hydrogen) atoms. The number of nitrogens with two attached hydrogens (primary N) is 1. The van der Waals surface area contributed by atoms with Gasteiger partial charge in [0.2, 0.25) is 29.5 Å². The molecule has 0 spiro atoms. The molecule has 0 saturated heterocycles. The van der Waals surface area contributed by atoms with E-state index in [9.17, 15) is 28.8 Å². The Morgan fingerprint density at radius 2 is 0.905 bits per heavy atom. The van der Waals surface area contributed by atoms with E-state index in [4.69, 9.17) is 15.2 Å². The van der Waals surface area contributed by atoms with Crippen molar-refractivity contribution in [1.82, 2.24) is 26.6 Å². The SMILES string of the molecule is CC(C)C[C@H](NC(=O)[C@@H](NC(=O)[C@H](Cc1ccccc1)NC(=O)[C@@H](NC(=O)[C@H](Cc1ccccc1)NC(=O)CN)C(C)C)[C@@H](C)OCc1ccccc1)C(=O)OCc1ccccc1. The summed E-state index contributed by atoms with van der Waals surface area (Å²) < 4.78 is 11.8. The van der Waals surface area contributed by atoms with E-state index in [1.165, 1.54) is 0 Å². The van der Waals surface area contributed by atoms with Crippen LogP contribution in [0.3, 0.4) is 0 Å². The standard InChI is InChI=1S/C49H62N6O8/c1-32(2)26-41(49(61)63-31-38-24-16-9-17-25-38)53-48(60)44(34(5)62-30-37-22-14-8-15-23-37)55-46(58)40(28-36-20-12-7-13-21-36)52-47(59)43(33(3)4)54-45(57)39(51-42(56)29-50)27-35-18-10-6-11-19-35/h6-25,32-34,39-41,43-44H,26-31,50H2,1-5H3,(H,51,56)(H,52,59)(H,53,60)(H,54,57)(H,55,58)/t34-,39+,40+,41+,43+,44+/m1/s1. The summed E-state index contributed by atoms with van der Waals surface area (Å²) in [6.07, 6.45) is -0.498. The van der Waals surface area contributed by atoms with Gasteiger partial charge in [-0.2, -0.15) is 0 Å². The van der Waals surface area contributed by atoms with Crippen LogP contribution < -0.4 is 32.3 Å². The Hall–Kier alpha value is -6.38. The molecule has 4 rings (SSSR count). The van der Waals surface area contributed by atoms with E-state index in [1.54, 1.807) is 45.0 Å². The number of benzene rings is 4. The quantitative estimate of drug-likeness (QED) is 0.0565. The van der Waals surface area contributed by atoms with E-state index < -0.39 is 77.7 Å². The predicted molar refractivity (Wildman–Crippen MR) is 240 cm³/mol. The van der Waals surface area contributed by atoms with E-state index in [0.29, 0.717) is 5.56 Å². The van der Waals surface area contributed by atoms with Crippen molar-refractivity contribution >= 4 is 35.5 Å². The van der Waals surface area contributed by atoms with E-state index in [0.717, 1.165) is 16.7 Å². The van der Waals surface area contributed by atoms with Gasteiger partial charge in [-0.3, -0.25) is 24.0 Å². The van der Waals surface area contributed by atoms with Crippen LogP contribution in [0.1, 0.15) is 63.3 Å². The number of amides is 5. The fourth-order valence-electron chi connectivity index (χ4n) is 6.75. The lowest BCUT2D eigenvalue weighted by molar-refractivity contribution is -0.150. The summed E-state index contributed by atoms with van der Waals surface area (Å²) >= 11 is 0. The first-order valence-corrected chi connectivity index (χ1v) is 21.4. The molecule has 0 aliphatic rings. The average molecular weight is 863 g/mol. The van der Waals surface area contributed by atoms with Gasteiger partial charge in [0.05, 0.1) is 19.3 Å². The van der Waals surface area contributed by atoms with Gasteiger partial charge in [-0.05, 0) is 47.4 Å². The molecule has 0 fully saturated rings. The topological polar surface area (TPSA) is 207 Å². The van der Waals surface area contributed by atoms with Gasteiger partial charge in [0.25, 0.3) is 0 Å². The minimum atomic E-state index is -1.33. The molecule has 336 valence electrons. The van der Waals surface area contributed by atoms with Crippen LogP contribution in [-0.4, -0.2) is 78.4 Å². The Kier molecular flexibility index (Phi) is 20.0. The molecule has 0 unspecified atom stereocenters. The highest BCUT2D eigenvalue weighted by molar-refractivity contribution is 5.96. The van der Waals surface area contributed by atoms with Crippen molar-refractivity contribution in [2.45, 2.75) is 103 Å². The molecule has 5 amide bonds. The minimum Gasteiger partial charge on any atom is -0.459 e. The van der Waals surface area contributed by atoms with E-state index in [2.05, 4.69) is 26.6 Å². The molecular weight excluding hydrogens is 801 g/mol. The molecule has 6 atom stereocenters. The summed E-state index contributed by atoms with van der Waals surface area (Å²) in [7, 11) is 0. The Bertz CT molecular complexity index is 2050. The van der Waals surface area contributed by atoms with Crippen LogP contribution in [0, 0.1) is 11.8 Å². The van der Waals surface area contributed by atoms with Gasteiger partial charge in [-0.15, -0.1) is 0 Å². The van der Waals surface area contributed by atoms with Crippen molar-refractivity contribution in [2.24, 2.45) is 17.6 Å². The first kappa shape index (κ1) is 49.3. The lowest BCUT2D eigenvalue weighted by Crippen LogP contribution is -2.62. The van der Waals surface area contributed by atoms with Gasteiger partial charge >= 0.3 is 5.97 Å². The molecule has 7 N–H and O–H groups in total. The molecule has 4 aromatic carbocycles. The van der Waals surface area contributed by atoms with Crippen LogP contribution in [0.4, 0.5) is 0 Å². The number of ether oxygens (including phenoxy) is 2. The van der Waals surface area contributed by atoms with Crippen LogP contribution in [-0.2, 0) is 64.3 Å². The summed E-state index contributed by atoms with van der Waals surface area (Å²) in [5.74, 6) is -4.31. The number of nitrogens with one attached hydrogen (secondary N) is 5. The zero-order valence-corrected chi connectivity index (χ0v) is 36.8. The Balaban J connectivity index is 1.60. The molecule has 0 aromatic heterocycles. The van der Waals surface area contributed by atoms with Crippen LogP contribution in [0.2, 0.25) is 0 Å². The van der Waals surface area contributed by atoms with Crippen LogP contribution in [0.25, 0.3) is 0 Å². The van der Waals surface area contributed by atoms with Crippen molar-refractivity contribution in [3.05, 3.63) is 144 Å². The number of rotatable bonds is 24. The summed E-state index contributed by atoms with van der Waals surface area (Å²) in [5.41, 5.74) is 8.67.